The van der Waals surface area contributed by atoms with Crippen LogP contribution in [0.5, 0.6) is 0 Å². The van der Waals surface area contributed by atoms with Gasteiger partial charge in [-0.3, -0.25) is 9.59 Å². The highest BCUT2D eigenvalue weighted by molar-refractivity contribution is 5.90. The number of aromatic amines is 1. The Morgan fingerprint density at radius 1 is 1.38 bits per heavy atom. The molecular formula is C14H13N5O2. The molecule has 0 aliphatic rings. The van der Waals surface area contributed by atoms with E-state index >= 15 is 0 Å². The van der Waals surface area contributed by atoms with Gasteiger partial charge in [-0.1, -0.05) is 12.1 Å². The number of H-pyrrole nitrogens is 1. The normalized spacial score (nSPS) is 10.7. The van der Waals surface area contributed by atoms with Crippen molar-refractivity contribution in [3.63, 3.8) is 0 Å². The Labute approximate surface area is 119 Å². The number of carbonyl (C=O) groups is 1. The summed E-state index contributed by atoms with van der Waals surface area (Å²) < 4.78 is 1.62. The lowest BCUT2D eigenvalue weighted by atomic mass is 10.2. The predicted octanol–water partition coefficient (Wildman–Crippen LogP) is 0.587. The first kappa shape index (κ1) is 13.0. The standard InChI is InChI=1S/C14H13N5O2/c1-19-7-6-15-12(19)14(21)16-8-11-17-10-5-3-2-4-9(10)13(20)18-11/h2-7H,8H2,1H3,(H,16,21)(H,17,18,20). The summed E-state index contributed by atoms with van der Waals surface area (Å²) in [5.41, 5.74) is 0.379. The summed E-state index contributed by atoms with van der Waals surface area (Å²) in [5.74, 6) is 0.387. The van der Waals surface area contributed by atoms with Crippen LogP contribution in [0.25, 0.3) is 10.9 Å². The number of nitrogens with zero attached hydrogens (tertiary/aromatic N) is 3. The Kier molecular flexibility index (Phi) is 3.23. The number of amides is 1. The molecule has 0 atom stereocenters. The SMILES string of the molecule is Cn1ccnc1C(=O)NCc1nc2ccccc2c(=O)[nH]1. The zero-order valence-corrected chi connectivity index (χ0v) is 11.3. The molecule has 2 N–H and O–H groups in total. The van der Waals surface area contributed by atoms with E-state index in [-0.39, 0.29) is 18.0 Å². The molecule has 3 aromatic rings. The van der Waals surface area contributed by atoms with E-state index in [9.17, 15) is 9.59 Å². The fourth-order valence-electron chi connectivity index (χ4n) is 2.05. The van der Waals surface area contributed by atoms with Crippen LogP contribution in [0.2, 0.25) is 0 Å². The van der Waals surface area contributed by atoms with Crippen molar-refractivity contribution < 1.29 is 4.79 Å². The smallest absolute Gasteiger partial charge is 0.287 e. The molecule has 0 aliphatic heterocycles. The van der Waals surface area contributed by atoms with Crippen molar-refractivity contribution in [2.45, 2.75) is 6.54 Å². The van der Waals surface area contributed by atoms with Gasteiger partial charge in [-0.15, -0.1) is 0 Å². The molecule has 1 amide bonds. The maximum absolute atomic E-state index is 11.9. The highest BCUT2D eigenvalue weighted by Crippen LogP contribution is 2.05. The number of aryl methyl sites for hydroxylation is 1. The molecule has 0 unspecified atom stereocenters. The number of hydrogen-bond acceptors (Lipinski definition) is 4. The number of benzene rings is 1. The Morgan fingerprint density at radius 2 is 2.19 bits per heavy atom. The van der Waals surface area contributed by atoms with Crippen LogP contribution < -0.4 is 10.9 Å². The van der Waals surface area contributed by atoms with Crippen LogP contribution in [-0.2, 0) is 13.6 Å². The number of fused-ring (bicyclic) bond motifs is 1. The van der Waals surface area contributed by atoms with Crippen molar-refractivity contribution in [3.8, 4) is 0 Å². The van der Waals surface area contributed by atoms with E-state index in [4.69, 9.17) is 0 Å². The highest BCUT2D eigenvalue weighted by atomic mass is 16.2. The van der Waals surface area contributed by atoms with E-state index in [1.807, 2.05) is 6.07 Å². The molecule has 0 saturated heterocycles. The summed E-state index contributed by atoms with van der Waals surface area (Å²) in [6.45, 7) is 0.131. The van der Waals surface area contributed by atoms with E-state index in [0.29, 0.717) is 22.6 Å². The van der Waals surface area contributed by atoms with Gasteiger partial charge in [0.15, 0.2) is 5.82 Å². The number of imidazole rings is 1. The first-order chi connectivity index (χ1) is 10.1. The maximum Gasteiger partial charge on any atom is 0.287 e. The molecule has 0 bridgehead atoms. The third kappa shape index (κ3) is 2.53. The summed E-state index contributed by atoms with van der Waals surface area (Å²) in [6.07, 6.45) is 3.23. The lowest BCUT2D eigenvalue weighted by Crippen LogP contribution is -2.27. The lowest BCUT2D eigenvalue weighted by Gasteiger charge is -2.05. The average Bonchev–Trinajstić information content (AvgIpc) is 2.91. The summed E-state index contributed by atoms with van der Waals surface area (Å²) >= 11 is 0. The van der Waals surface area contributed by atoms with Crippen LogP contribution in [0.4, 0.5) is 0 Å². The number of carbonyl (C=O) groups excluding carboxylic acids is 1. The van der Waals surface area contributed by atoms with Crippen LogP contribution in [0.3, 0.4) is 0 Å². The van der Waals surface area contributed by atoms with E-state index in [2.05, 4.69) is 20.3 Å². The van der Waals surface area contributed by atoms with Gasteiger partial charge in [0.25, 0.3) is 11.5 Å². The third-order valence-electron chi connectivity index (χ3n) is 3.10. The van der Waals surface area contributed by atoms with Gasteiger partial charge in [0.05, 0.1) is 17.4 Å². The summed E-state index contributed by atoms with van der Waals surface area (Å²) in [6, 6.07) is 7.05. The molecule has 0 spiro atoms. The Hall–Kier alpha value is -2.96. The number of hydrogen-bond donors (Lipinski definition) is 2. The fraction of sp³-hybridized carbons (Fsp3) is 0.143. The largest absolute Gasteiger partial charge is 0.342 e. The van der Waals surface area contributed by atoms with Crippen LogP contribution in [0.15, 0.2) is 41.5 Å². The minimum Gasteiger partial charge on any atom is -0.342 e. The van der Waals surface area contributed by atoms with Crippen molar-refractivity contribution in [3.05, 3.63) is 58.7 Å². The minimum absolute atomic E-state index is 0.131. The molecule has 21 heavy (non-hydrogen) atoms. The van der Waals surface area contributed by atoms with Crippen LogP contribution in [-0.4, -0.2) is 25.4 Å². The van der Waals surface area contributed by atoms with Crippen molar-refractivity contribution >= 4 is 16.8 Å². The molecule has 7 nitrogen and oxygen atoms in total. The number of para-hydroxylation sites is 1. The van der Waals surface area contributed by atoms with E-state index in [0.717, 1.165) is 0 Å². The summed E-state index contributed by atoms with van der Waals surface area (Å²) in [4.78, 5) is 34.8. The number of aromatic nitrogens is 4. The number of nitrogens with one attached hydrogen (secondary N) is 2. The van der Waals surface area contributed by atoms with Crippen LogP contribution >= 0.6 is 0 Å². The monoisotopic (exact) mass is 283 g/mol. The molecule has 0 fully saturated rings. The lowest BCUT2D eigenvalue weighted by molar-refractivity contribution is 0.0936. The predicted molar refractivity (Wildman–Crippen MR) is 76.7 cm³/mol. The highest BCUT2D eigenvalue weighted by Gasteiger charge is 2.11. The molecule has 106 valence electrons. The molecule has 3 rings (SSSR count). The van der Waals surface area contributed by atoms with Gasteiger partial charge < -0.3 is 14.9 Å². The van der Waals surface area contributed by atoms with Gasteiger partial charge in [0.1, 0.15) is 5.82 Å². The maximum atomic E-state index is 11.9. The summed E-state index contributed by atoms with van der Waals surface area (Å²) in [7, 11) is 1.73. The Balaban J connectivity index is 1.81. The average molecular weight is 283 g/mol. The zero-order valence-electron chi connectivity index (χ0n) is 11.3. The van der Waals surface area contributed by atoms with E-state index in [1.54, 1.807) is 42.2 Å². The van der Waals surface area contributed by atoms with Crippen molar-refractivity contribution in [2.24, 2.45) is 7.05 Å². The number of rotatable bonds is 3. The Bertz CT molecular complexity index is 865. The van der Waals surface area contributed by atoms with Gasteiger partial charge >= 0.3 is 0 Å². The van der Waals surface area contributed by atoms with Crippen molar-refractivity contribution in [1.29, 1.82) is 0 Å². The minimum atomic E-state index is -0.321. The second-order valence-corrected chi connectivity index (χ2v) is 4.57. The topological polar surface area (TPSA) is 92.7 Å². The van der Waals surface area contributed by atoms with Crippen LogP contribution in [0.1, 0.15) is 16.4 Å². The van der Waals surface area contributed by atoms with Gasteiger partial charge in [0, 0.05) is 19.4 Å². The Morgan fingerprint density at radius 3 is 2.95 bits per heavy atom. The molecule has 0 saturated carbocycles. The second-order valence-electron chi connectivity index (χ2n) is 4.57. The van der Waals surface area contributed by atoms with Crippen molar-refractivity contribution in [1.82, 2.24) is 24.8 Å². The first-order valence-electron chi connectivity index (χ1n) is 6.38. The van der Waals surface area contributed by atoms with Gasteiger partial charge in [-0.2, -0.15) is 0 Å². The summed E-state index contributed by atoms with van der Waals surface area (Å²) in [5, 5.41) is 3.20. The molecule has 2 aromatic heterocycles. The first-order valence-corrected chi connectivity index (χ1v) is 6.38. The third-order valence-corrected chi connectivity index (χ3v) is 3.10. The van der Waals surface area contributed by atoms with E-state index in [1.165, 1.54) is 0 Å². The molecule has 1 aromatic carbocycles. The van der Waals surface area contributed by atoms with E-state index < -0.39 is 0 Å². The second kappa shape index (κ2) is 5.20. The quantitative estimate of drug-likeness (QED) is 0.735. The van der Waals surface area contributed by atoms with Gasteiger partial charge in [0.2, 0.25) is 0 Å². The molecule has 2 heterocycles. The van der Waals surface area contributed by atoms with Crippen LogP contribution in [0, 0.1) is 0 Å². The van der Waals surface area contributed by atoms with Gasteiger partial charge in [-0.05, 0) is 12.1 Å². The zero-order chi connectivity index (χ0) is 14.8. The molecule has 7 heteroatoms. The molecule has 0 radical (unpaired) electrons. The molecular weight excluding hydrogens is 270 g/mol. The fourth-order valence-corrected chi connectivity index (χ4v) is 2.05. The van der Waals surface area contributed by atoms with Gasteiger partial charge in [-0.25, -0.2) is 9.97 Å². The molecule has 0 aliphatic carbocycles. The van der Waals surface area contributed by atoms with Crippen molar-refractivity contribution in [2.75, 3.05) is 0 Å².